The van der Waals surface area contributed by atoms with E-state index in [2.05, 4.69) is 15.9 Å². The van der Waals surface area contributed by atoms with Crippen LogP contribution in [0.1, 0.15) is 11.1 Å². The first-order chi connectivity index (χ1) is 6.53. The highest BCUT2D eigenvalue weighted by molar-refractivity contribution is 9.10. The van der Waals surface area contributed by atoms with Crippen LogP contribution >= 0.6 is 27.5 Å². The Balaban J connectivity index is 2.48. The lowest BCUT2D eigenvalue weighted by atomic mass is 9.91. The molecule has 1 saturated heterocycles. The fourth-order valence-electron chi connectivity index (χ4n) is 1.46. The van der Waals surface area contributed by atoms with Crippen LogP contribution in [0.2, 0.25) is 5.02 Å². The standard InChI is InChI=1S/C10H10BrClO2/c1-6-2-7(8(11)3-9(6)12)10(13)4-14-5-10/h2-3,13H,4-5H2,1H3. The van der Waals surface area contributed by atoms with Gasteiger partial charge in [-0.1, -0.05) is 33.6 Å². The van der Waals surface area contributed by atoms with E-state index in [1.165, 1.54) is 0 Å². The largest absolute Gasteiger partial charge is 0.380 e. The van der Waals surface area contributed by atoms with Gasteiger partial charge < -0.3 is 9.84 Å². The number of hydrogen-bond acceptors (Lipinski definition) is 2. The molecular weight excluding hydrogens is 267 g/mol. The van der Waals surface area contributed by atoms with Crippen molar-refractivity contribution in [2.24, 2.45) is 0 Å². The van der Waals surface area contributed by atoms with Crippen LogP contribution in [0.5, 0.6) is 0 Å². The van der Waals surface area contributed by atoms with Crippen LogP contribution in [0.25, 0.3) is 0 Å². The summed E-state index contributed by atoms with van der Waals surface area (Å²) < 4.78 is 5.85. The van der Waals surface area contributed by atoms with Gasteiger partial charge in [0.1, 0.15) is 5.60 Å². The third-order valence-electron chi connectivity index (χ3n) is 2.43. The quantitative estimate of drug-likeness (QED) is 0.855. The van der Waals surface area contributed by atoms with Crippen molar-refractivity contribution in [2.75, 3.05) is 13.2 Å². The highest BCUT2D eigenvalue weighted by atomic mass is 79.9. The van der Waals surface area contributed by atoms with Crippen molar-refractivity contribution in [3.8, 4) is 0 Å². The highest BCUT2D eigenvalue weighted by Gasteiger charge is 2.39. The molecule has 0 atom stereocenters. The predicted molar refractivity (Wildman–Crippen MR) is 58.6 cm³/mol. The van der Waals surface area contributed by atoms with E-state index in [-0.39, 0.29) is 0 Å². The number of rotatable bonds is 1. The molecular formula is C10H10BrClO2. The summed E-state index contributed by atoms with van der Waals surface area (Å²) in [5.41, 5.74) is 0.976. The van der Waals surface area contributed by atoms with E-state index in [4.69, 9.17) is 16.3 Å². The van der Waals surface area contributed by atoms with Gasteiger partial charge in [-0.05, 0) is 18.6 Å². The maximum atomic E-state index is 10.1. The van der Waals surface area contributed by atoms with Gasteiger partial charge in [0.2, 0.25) is 0 Å². The van der Waals surface area contributed by atoms with Crippen LogP contribution in [-0.2, 0) is 10.3 Å². The summed E-state index contributed by atoms with van der Waals surface area (Å²) in [6, 6.07) is 3.71. The molecule has 14 heavy (non-hydrogen) atoms. The molecule has 1 aromatic rings. The molecule has 0 aliphatic carbocycles. The monoisotopic (exact) mass is 276 g/mol. The zero-order chi connectivity index (χ0) is 10.3. The number of aryl methyl sites for hydroxylation is 1. The van der Waals surface area contributed by atoms with E-state index >= 15 is 0 Å². The molecule has 4 heteroatoms. The molecule has 0 unspecified atom stereocenters. The molecule has 2 rings (SSSR count). The Morgan fingerprint density at radius 3 is 2.64 bits per heavy atom. The third-order valence-corrected chi connectivity index (χ3v) is 3.49. The summed E-state index contributed by atoms with van der Waals surface area (Å²) in [7, 11) is 0. The normalized spacial score (nSPS) is 19.1. The molecule has 0 aromatic heterocycles. The predicted octanol–water partition coefficient (Wildman–Crippen LogP) is 2.63. The summed E-state index contributed by atoms with van der Waals surface area (Å²) in [6.07, 6.45) is 0. The Morgan fingerprint density at radius 1 is 1.50 bits per heavy atom. The minimum Gasteiger partial charge on any atom is -0.380 e. The van der Waals surface area contributed by atoms with Crippen molar-refractivity contribution in [1.82, 2.24) is 0 Å². The van der Waals surface area contributed by atoms with E-state index in [0.29, 0.717) is 18.2 Å². The van der Waals surface area contributed by atoms with Gasteiger partial charge in [0.25, 0.3) is 0 Å². The first-order valence-corrected chi connectivity index (χ1v) is 5.46. The average Bonchev–Trinajstić information content (AvgIpc) is 2.07. The molecule has 1 aromatic carbocycles. The van der Waals surface area contributed by atoms with Crippen molar-refractivity contribution in [1.29, 1.82) is 0 Å². The molecule has 1 aliphatic heterocycles. The van der Waals surface area contributed by atoms with Crippen LogP contribution in [-0.4, -0.2) is 18.3 Å². The first kappa shape index (κ1) is 10.4. The topological polar surface area (TPSA) is 29.5 Å². The number of ether oxygens (including phenoxy) is 1. The smallest absolute Gasteiger partial charge is 0.137 e. The molecule has 1 fully saturated rings. The Bertz CT molecular complexity index is 375. The Kier molecular flexibility index (Phi) is 2.60. The Morgan fingerprint density at radius 2 is 2.14 bits per heavy atom. The summed E-state index contributed by atoms with van der Waals surface area (Å²) in [4.78, 5) is 0. The third kappa shape index (κ3) is 1.58. The fraction of sp³-hybridized carbons (Fsp3) is 0.400. The van der Waals surface area contributed by atoms with Gasteiger partial charge in [0, 0.05) is 15.1 Å². The minimum atomic E-state index is -0.839. The van der Waals surface area contributed by atoms with E-state index in [1.54, 1.807) is 0 Å². The number of halogens is 2. The fourth-order valence-corrected chi connectivity index (χ4v) is 2.47. The van der Waals surface area contributed by atoms with Gasteiger partial charge >= 0.3 is 0 Å². The highest BCUT2D eigenvalue weighted by Crippen LogP contribution is 2.36. The number of aliphatic hydroxyl groups is 1. The van der Waals surface area contributed by atoms with Crippen molar-refractivity contribution in [2.45, 2.75) is 12.5 Å². The lowest BCUT2D eigenvalue weighted by Crippen LogP contribution is -2.46. The number of benzene rings is 1. The second-order valence-electron chi connectivity index (χ2n) is 3.61. The molecule has 0 radical (unpaired) electrons. The molecule has 0 amide bonds. The minimum absolute atomic E-state index is 0.354. The van der Waals surface area contributed by atoms with Crippen LogP contribution in [0.4, 0.5) is 0 Å². The van der Waals surface area contributed by atoms with Gasteiger partial charge in [-0.2, -0.15) is 0 Å². The SMILES string of the molecule is Cc1cc(C2(O)COC2)c(Br)cc1Cl. The zero-order valence-electron chi connectivity index (χ0n) is 7.68. The van der Waals surface area contributed by atoms with Crippen LogP contribution in [0.15, 0.2) is 16.6 Å². The summed E-state index contributed by atoms with van der Waals surface area (Å²) in [6.45, 7) is 2.63. The second kappa shape index (κ2) is 3.49. The molecule has 0 spiro atoms. The van der Waals surface area contributed by atoms with Gasteiger partial charge in [0.05, 0.1) is 13.2 Å². The van der Waals surface area contributed by atoms with Gasteiger partial charge in [-0.25, -0.2) is 0 Å². The van der Waals surface area contributed by atoms with E-state index in [9.17, 15) is 5.11 Å². The molecule has 76 valence electrons. The summed E-state index contributed by atoms with van der Waals surface area (Å²) >= 11 is 9.35. The summed E-state index contributed by atoms with van der Waals surface area (Å²) in [5.74, 6) is 0. The molecule has 0 saturated carbocycles. The number of hydrogen-bond donors (Lipinski definition) is 1. The average molecular weight is 278 g/mol. The maximum Gasteiger partial charge on any atom is 0.137 e. The van der Waals surface area contributed by atoms with Crippen LogP contribution in [0.3, 0.4) is 0 Å². The molecule has 1 N–H and O–H groups in total. The molecule has 1 heterocycles. The second-order valence-corrected chi connectivity index (χ2v) is 4.87. The lowest BCUT2D eigenvalue weighted by Gasteiger charge is -2.37. The molecule has 0 bridgehead atoms. The molecule has 2 nitrogen and oxygen atoms in total. The van der Waals surface area contributed by atoms with Crippen molar-refractivity contribution >= 4 is 27.5 Å². The van der Waals surface area contributed by atoms with Gasteiger partial charge in [-0.3, -0.25) is 0 Å². The van der Waals surface area contributed by atoms with Crippen LogP contribution in [0, 0.1) is 6.92 Å². The zero-order valence-corrected chi connectivity index (χ0v) is 10.0. The van der Waals surface area contributed by atoms with Crippen molar-refractivity contribution < 1.29 is 9.84 Å². The van der Waals surface area contributed by atoms with Crippen molar-refractivity contribution in [3.63, 3.8) is 0 Å². The van der Waals surface area contributed by atoms with E-state index in [1.807, 2.05) is 19.1 Å². The van der Waals surface area contributed by atoms with Gasteiger partial charge in [-0.15, -0.1) is 0 Å². The Labute approximate surface area is 96.0 Å². The maximum absolute atomic E-state index is 10.1. The van der Waals surface area contributed by atoms with E-state index in [0.717, 1.165) is 15.6 Å². The van der Waals surface area contributed by atoms with Gasteiger partial charge in [0.15, 0.2) is 0 Å². The van der Waals surface area contributed by atoms with Crippen molar-refractivity contribution in [3.05, 3.63) is 32.8 Å². The summed E-state index contributed by atoms with van der Waals surface area (Å²) in [5, 5.41) is 10.8. The Hall–Kier alpha value is -0.0900. The first-order valence-electron chi connectivity index (χ1n) is 4.29. The van der Waals surface area contributed by atoms with Crippen LogP contribution < -0.4 is 0 Å². The lowest BCUT2D eigenvalue weighted by molar-refractivity contribution is -0.185. The molecule has 1 aliphatic rings. The van der Waals surface area contributed by atoms with E-state index < -0.39 is 5.60 Å².